The fourth-order valence-corrected chi connectivity index (χ4v) is 1.67. The second kappa shape index (κ2) is 5.48. The van der Waals surface area contributed by atoms with E-state index in [-0.39, 0.29) is 11.3 Å². The van der Waals surface area contributed by atoms with E-state index in [4.69, 9.17) is 22.4 Å². The van der Waals surface area contributed by atoms with E-state index < -0.39 is 23.3 Å². The molecule has 0 aromatic heterocycles. The lowest BCUT2D eigenvalue weighted by atomic mass is 9.86. The first kappa shape index (κ1) is 15.3. The second-order valence-electron chi connectivity index (χ2n) is 5.35. The molecule has 0 fully saturated rings. The van der Waals surface area contributed by atoms with Crippen LogP contribution in [0.2, 0.25) is 5.02 Å². The van der Waals surface area contributed by atoms with Gasteiger partial charge in [0.2, 0.25) is 0 Å². The van der Waals surface area contributed by atoms with Crippen molar-refractivity contribution in [1.29, 1.82) is 0 Å². The minimum absolute atomic E-state index is 0.275. The van der Waals surface area contributed by atoms with Crippen molar-refractivity contribution in [2.45, 2.75) is 26.8 Å². The van der Waals surface area contributed by atoms with Crippen molar-refractivity contribution < 1.29 is 14.7 Å². The molecule has 6 heteroatoms. The topological polar surface area (TPSA) is 92.4 Å². The molecule has 0 heterocycles. The Kier molecular flexibility index (Phi) is 4.42. The number of halogens is 1. The predicted molar refractivity (Wildman–Crippen MR) is 74.2 cm³/mol. The van der Waals surface area contributed by atoms with E-state index in [1.807, 2.05) is 0 Å². The molecule has 0 radical (unpaired) electrons. The Morgan fingerprint density at radius 2 is 1.95 bits per heavy atom. The Hall–Kier alpha value is -1.75. The van der Waals surface area contributed by atoms with Crippen molar-refractivity contribution in [2.75, 3.05) is 5.73 Å². The van der Waals surface area contributed by atoms with Gasteiger partial charge in [-0.05, 0) is 23.6 Å². The molecule has 0 saturated heterocycles. The number of anilines is 1. The molecule has 0 unspecified atom stereocenters. The minimum Gasteiger partial charge on any atom is -0.480 e. The summed E-state index contributed by atoms with van der Waals surface area (Å²) >= 11 is 5.76. The molecule has 1 amide bonds. The van der Waals surface area contributed by atoms with Gasteiger partial charge in [-0.25, -0.2) is 4.79 Å². The molecule has 4 N–H and O–H groups in total. The standard InChI is InChI=1S/C13H17ClN2O3/c1-13(2,3)10(12(18)19)16-11(17)7-4-5-8(14)9(15)6-7/h4-6,10H,15H2,1-3H3,(H,16,17)(H,18,19)/t10-/m0/s1. The van der Waals surface area contributed by atoms with Crippen molar-refractivity contribution >= 4 is 29.2 Å². The van der Waals surface area contributed by atoms with Gasteiger partial charge in [-0.1, -0.05) is 32.4 Å². The molecule has 0 aliphatic carbocycles. The number of carboxylic acid groups (broad SMARTS) is 1. The molecule has 5 nitrogen and oxygen atoms in total. The van der Waals surface area contributed by atoms with Crippen molar-refractivity contribution in [2.24, 2.45) is 5.41 Å². The van der Waals surface area contributed by atoms with Gasteiger partial charge < -0.3 is 16.2 Å². The summed E-state index contributed by atoms with van der Waals surface area (Å²) in [5.41, 5.74) is 5.56. The lowest BCUT2D eigenvalue weighted by Crippen LogP contribution is -2.49. The molecule has 1 aromatic rings. The van der Waals surface area contributed by atoms with Crippen LogP contribution >= 0.6 is 11.6 Å². The summed E-state index contributed by atoms with van der Waals surface area (Å²) in [5, 5.41) is 12.0. The molecule has 19 heavy (non-hydrogen) atoms. The van der Waals surface area contributed by atoms with Crippen LogP contribution in [-0.2, 0) is 4.79 Å². The van der Waals surface area contributed by atoms with Crippen LogP contribution < -0.4 is 11.1 Å². The number of nitrogens with two attached hydrogens (primary N) is 1. The van der Waals surface area contributed by atoms with Gasteiger partial charge in [0.05, 0.1) is 10.7 Å². The third-order valence-corrected chi connectivity index (χ3v) is 2.99. The molecular formula is C13H17ClN2O3. The zero-order valence-corrected chi connectivity index (χ0v) is 11.8. The summed E-state index contributed by atoms with van der Waals surface area (Å²) in [4.78, 5) is 23.2. The molecule has 0 spiro atoms. The Bertz CT molecular complexity index is 509. The zero-order valence-electron chi connectivity index (χ0n) is 11.0. The van der Waals surface area contributed by atoms with Crippen LogP contribution in [0, 0.1) is 5.41 Å². The van der Waals surface area contributed by atoms with Crippen molar-refractivity contribution in [3.05, 3.63) is 28.8 Å². The monoisotopic (exact) mass is 284 g/mol. The first-order chi connectivity index (χ1) is 8.62. The minimum atomic E-state index is -1.08. The van der Waals surface area contributed by atoms with Crippen LogP contribution in [-0.4, -0.2) is 23.0 Å². The third-order valence-electron chi connectivity index (χ3n) is 2.65. The smallest absolute Gasteiger partial charge is 0.326 e. The van der Waals surface area contributed by atoms with E-state index in [1.54, 1.807) is 20.8 Å². The van der Waals surface area contributed by atoms with Gasteiger partial charge in [0.1, 0.15) is 6.04 Å². The maximum atomic E-state index is 12.0. The van der Waals surface area contributed by atoms with Crippen molar-refractivity contribution in [3.8, 4) is 0 Å². The highest BCUT2D eigenvalue weighted by Gasteiger charge is 2.32. The maximum Gasteiger partial charge on any atom is 0.326 e. The molecule has 0 aliphatic heterocycles. The van der Waals surface area contributed by atoms with Crippen molar-refractivity contribution in [1.82, 2.24) is 5.32 Å². The molecule has 104 valence electrons. The second-order valence-corrected chi connectivity index (χ2v) is 5.75. The first-order valence-corrected chi connectivity index (χ1v) is 6.09. The number of nitrogen functional groups attached to an aromatic ring is 1. The summed E-state index contributed by atoms with van der Waals surface area (Å²) in [6.07, 6.45) is 0. The molecule has 1 atom stereocenters. The van der Waals surface area contributed by atoms with Crippen LogP contribution in [0.5, 0.6) is 0 Å². The van der Waals surface area contributed by atoms with Gasteiger partial charge in [-0.2, -0.15) is 0 Å². The summed E-state index contributed by atoms with van der Waals surface area (Å²) < 4.78 is 0. The first-order valence-electron chi connectivity index (χ1n) is 5.71. The van der Waals surface area contributed by atoms with Crippen LogP contribution in [0.3, 0.4) is 0 Å². The highest BCUT2D eigenvalue weighted by molar-refractivity contribution is 6.33. The lowest BCUT2D eigenvalue weighted by molar-refractivity contribution is -0.142. The number of benzene rings is 1. The number of amides is 1. The van der Waals surface area contributed by atoms with Gasteiger partial charge in [0.25, 0.3) is 5.91 Å². The Morgan fingerprint density at radius 1 is 1.37 bits per heavy atom. The number of hydrogen-bond acceptors (Lipinski definition) is 3. The normalized spacial score (nSPS) is 12.8. The van der Waals surface area contributed by atoms with Crippen LogP contribution in [0.1, 0.15) is 31.1 Å². The van der Waals surface area contributed by atoms with E-state index in [0.717, 1.165) is 0 Å². The average Bonchev–Trinajstić information content (AvgIpc) is 2.27. The van der Waals surface area contributed by atoms with Gasteiger partial charge in [-0.3, -0.25) is 4.79 Å². The Balaban J connectivity index is 2.94. The van der Waals surface area contributed by atoms with Crippen LogP contribution in [0.4, 0.5) is 5.69 Å². The highest BCUT2D eigenvalue weighted by atomic mass is 35.5. The van der Waals surface area contributed by atoms with Gasteiger partial charge in [0.15, 0.2) is 0 Å². The lowest BCUT2D eigenvalue weighted by Gasteiger charge is -2.27. The maximum absolute atomic E-state index is 12.0. The molecule has 1 aromatic carbocycles. The number of carbonyl (C=O) groups excluding carboxylic acids is 1. The quantitative estimate of drug-likeness (QED) is 0.742. The largest absolute Gasteiger partial charge is 0.480 e. The van der Waals surface area contributed by atoms with Gasteiger partial charge in [-0.15, -0.1) is 0 Å². The zero-order chi connectivity index (χ0) is 14.8. The summed E-state index contributed by atoms with van der Waals surface area (Å²) in [6.45, 7) is 5.22. The van der Waals surface area contributed by atoms with E-state index in [0.29, 0.717) is 5.02 Å². The SMILES string of the molecule is CC(C)(C)[C@@H](NC(=O)c1ccc(Cl)c(N)c1)C(=O)O. The van der Waals surface area contributed by atoms with E-state index in [9.17, 15) is 9.59 Å². The average molecular weight is 285 g/mol. The van der Waals surface area contributed by atoms with Crippen molar-refractivity contribution in [3.63, 3.8) is 0 Å². The number of hydrogen-bond donors (Lipinski definition) is 3. The predicted octanol–water partition coefficient (Wildman–Crippen LogP) is 2.15. The van der Waals surface area contributed by atoms with Gasteiger partial charge in [0, 0.05) is 5.56 Å². The number of carbonyl (C=O) groups is 2. The fourth-order valence-electron chi connectivity index (χ4n) is 1.55. The van der Waals surface area contributed by atoms with Crippen LogP contribution in [0.15, 0.2) is 18.2 Å². The van der Waals surface area contributed by atoms with Crippen LogP contribution in [0.25, 0.3) is 0 Å². The van der Waals surface area contributed by atoms with E-state index in [2.05, 4.69) is 5.32 Å². The molecular weight excluding hydrogens is 268 g/mol. The number of aliphatic carboxylic acids is 1. The fraction of sp³-hybridized carbons (Fsp3) is 0.385. The highest BCUT2D eigenvalue weighted by Crippen LogP contribution is 2.22. The third kappa shape index (κ3) is 3.86. The molecule has 1 rings (SSSR count). The summed E-state index contributed by atoms with van der Waals surface area (Å²) in [6, 6.07) is 3.42. The summed E-state index contributed by atoms with van der Waals surface area (Å²) in [7, 11) is 0. The molecule has 0 aliphatic rings. The Morgan fingerprint density at radius 3 is 2.37 bits per heavy atom. The number of nitrogens with one attached hydrogen (secondary N) is 1. The number of carboxylic acids is 1. The number of rotatable bonds is 3. The van der Waals surface area contributed by atoms with E-state index >= 15 is 0 Å². The Labute approximate surface area is 116 Å². The molecule has 0 saturated carbocycles. The van der Waals surface area contributed by atoms with Gasteiger partial charge >= 0.3 is 5.97 Å². The molecule has 0 bridgehead atoms. The summed E-state index contributed by atoms with van der Waals surface area (Å²) in [5.74, 6) is -1.58. The van der Waals surface area contributed by atoms with E-state index in [1.165, 1.54) is 18.2 Å².